The van der Waals surface area contributed by atoms with Crippen molar-refractivity contribution in [3.05, 3.63) is 60.8 Å². The quantitative estimate of drug-likeness (QED) is 0.715. The predicted molar refractivity (Wildman–Crippen MR) is 82.5 cm³/mol. The first-order valence-corrected chi connectivity index (χ1v) is 8.33. The Morgan fingerprint density at radius 3 is 2.38 bits per heavy atom. The van der Waals surface area contributed by atoms with Crippen LogP contribution in [0.2, 0.25) is 0 Å². The molecule has 24 heavy (non-hydrogen) atoms. The first-order valence-electron chi connectivity index (χ1n) is 6.89. The van der Waals surface area contributed by atoms with Crippen LogP contribution >= 0.6 is 0 Å². The van der Waals surface area contributed by atoms with Gasteiger partial charge in [0.15, 0.2) is 6.61 Å². The number of benzene rings is 2. The highest BCUT2D eigenvalue weighted by Crippen LogP contribution is 2.27. The molecule has 0 fully saturated rings. The van der Waals surface area contributed by atoms with Crippen LogP contribution in [0.1, 0.15) is 0 Å². The van der Waals surface area contributed by atoms with Crippen molar-refractivity contribution in [3.8, 4) is 5.75 Å². The first-order chi connectivity index (χ1) is 11.3. The summed E-state index contributed by atoms with van der Waals surface area (Å²) in [5, 5.41) is 0.578. The fourth-order valence-electron chi connectivity index (χ4n) is 2.25. The van der Waals surface area contributed by atoms with Gasteiger partial charge in [0.1, 0.15) is 5.75 Å². The molecule has 0 aliphatic heterocycles. The van der Waals surface area contributed by atoms with E-state index in [0.717, 1.165) is 3.97 Å². The van der Waals surface area contributed by atoms with E-state index in [-0.39, 0.29) is 16.2 Å². The number of rotatable bonds is 4. The molecule has 2 aromatic carbocycles. The zero-order valence-corrected chi connectivity index (χ0v) is 13.0. The Kier molecular flexibility index (Phi) is 4.00. The van der Waals surface area contributed by atoms with Gasteiger partial charge < -0.3 is 4.74 Å². The summed E-state index contributed by atoms with van der Waals surface area (Å²) in [4.78, 5) is 0.0871. The van der Waals surface area contributed by atoms with E-state index in [1.54, 1.807) is 24.3 Å². The Hall–Kier alpha value is -2.48. The molecule has 0 amide bonds. The Morgan fingerprint density at radius 1 is 1.00 bits per heavy atom. The number of hydrogen-bond donors (Lipinski definition) is 0. The fourth-order valence-corrected chi connectivity index (χ4v) is 3.62. The van der Waals surface area contributed by atoms with E-state index in [1.807, 2.05) is 0 Å². The van der Waals surface area contributed by atoms with Gasteiger partial charge in [-0.15, -0.1) is 0 Å². The third-order valence-electron chi connectivity index (χ3n) is 3.33. The average Bonchev–Trinajstić information content (AvgIpc) is 2.97. The Labute approximate surface area is 136 Å². The number of fused-ring (bicyclic) bond motifs is 1. The van der Waals surface area contributed by atoms with E-state index in [2.05, 4.69) is 4.74 Å². The number of ether oxygens (including phenoxy) is 1. The first kappa shape index (κ1) is 16.4. The Morgan fingerprint density at radius 2 is 1.71 bits per heavy atom. The topological polar surface area (TPSA) is 48.3 Å². The van der Waals surface area contributed by atoms with E-state index in [9.17, 15) is 21.6 Å². The minimum absolute atomic E-state index is 0.0527. The lowest BCUT2D eigenvalue weighted by atomic mass is 10.2. The largest absolute Gasteiger partial charge is 0.484 e. The predicted octanol–water partition coefficient (Wildman–Crippen LogP) is 3.82. The molecular weight excluding hydrogens is 343 g/mol. The van der Waals surface area contributed by atoms with Crippen molar-refractivity contribution < 1.29 is 26.3 Å². The third-order valence-corrected chi connectivity index (χ3v) is 5.04. The Balaban J connectivity index is 2.03. The van der Waals surface area contributed by atoms with Crippen LogP contribution in [-0.2, 0) is 10.0 Å². The number of nitrogens with zero attached hydrogens (tertiary/aromatic N) is 1. The van der Waals surface area contributed by atoms with Gasteiger partial charge in [0, 0.05) is 17.6 Å². The molecule has 0 saturated carbocycles. The minimum Gasteiger partial charge on any atom is -0.484 e. The number of halogens is 3. The molecule has 0 radical (unpaired) electrons. The molecular formula is C16H12F3NO3S. The summed E-state index contributed by atoms with van der Waals surface area (Å²) in [5.74, 6) is -0.0527. The molecule has 0 N–H and O–H groups in total. The maximum atomic E-state index is 12.7. The van der Waals surface area contributed by atoms with Crippen LogP contribution in [-0.4, -0.2) is 25.2 Å². The number of alkyl halides is 3. The van der Waals surface area contributed by atoms with Gasteiger partial charge in [0.05, 0.1) is 10.4 Å². The van der Waals surface area contributed by atoms with Crippen molar-refractivity contribution >= 4 is 20.9 Å². The van der Waals surface area contributed by atoms with E-state index < -0.39 is 22.8 Å². The Bertz CT molecular complexity index is 963. The summed E-state index contributed by atoms with van der Waals surface area (Å²) >= 11 is 0. The molecule has 0 spiro atoms. The molecule has 3 rings (SSSR count). The van der Waals surface area contributed by atoms with Gasteiger partial charge in [0.25, 0.3) is 10.0 Å². The van der Waals surface area contributed by atoms with E-state index in [4.69, 9.17) is 0 Å². The van der Waals surface area contributed by atoms with Crippen molar-refractivity contribution in [2.45, 2.75) is 11.1 Å². The van der Waals surface area contributed by atoms with Crippen molar-refractivity contribution in [2.75, 3.05) is 6.61 Å². The molecule has 0 saturated heterocycles. The molecule has 1 heterocycles. The SMILES string of the molecule is O=S(=O)(c1ccccc1)n1ccc2ccc(OCC(F)(F)F)cc21. The van der Waals surface area contributed by atoms with Crippen LogP contribution in [0.15, 0.2) is 65.7 Å². The summed E-state index contributed by atoms with van der Waals surface area (Å²) in [6, 6.07) is 13.5. The smallest absolute Gasteiger partial charge is 0.422 e. The molecule has 0 bridgehead atoms. The van der Waals surface area contributed by atoms with Crippen LogP contribution in [0, 0.1) is 0 Å². The molecule has 0 aliphatic carbocycles. The van der Waals surface area contributed by atoms with Gasteiger partial charge in [0.2, 0.25) is 0 Å². The molecule has 8 heteroatoms. The molecule has 1 aromatic heterocycles. The van der Waals surface area contributed by atoms with Gasteiger partial charge >= 0.3 is 6.18 Å². The number of aromatic nitrogens is 1. The lowest BCUT2D eigenvalue weighted by Gasteiger charge is -2.11. The van der Waals surface area contributed by atoms with Crippen molar-refractivity contribution in [3.63, 3.8) is 0 Å². The molecule has 0 unspecified atom stereocenters. The minimum atomic E-state index is -4.47. The van der Waals surface area contributed by atoms with E-state index >= 15 is 0 Å². The lowest BCUT2D eigenvalue weighted by molar-refractivity contribution is -0.153. The summed E-state index contributed by atoms with van der Waals surface area (Å²) in [7, 11) is -3.84. The zero-order valence-electron chi connectivity index (χ0n) is 12.2. The van der Waals surface area contributed by atoms with E-state index in [0.29, 0.717) is 5.39 Å². The average molecular weight is 355 g/mol. The van der Waals surface area contributed by atoms with Crippen LogP contribution in [0.25, 0.3) is 10.9 Å². The standard InChI is InChI=1S/C16H12F3NO3S/c17-16(18,19)11-23-13-7-6-12-8-9-20(15(12)10-13)24(21,22)14-4-2-1-3-5-14/h1-10H,11H2. The highest BCUT2D eigenvalue weighted by Gasteiger charge is 2.28. The van der Waals surface area contributed by atoms with Gasteiger partial charge in [-0.2, -0.15) is 13.2 Å². The second-order valence-corrected chi connectivity index (χ2v) is 6.87. The maximum Gasteiger partial charge on any atom is 0.422 e. The molecule has 4 nitrogen and oxygen atoms in total. The number of hydrogen-bond acceptors (Lipinski definition) is 3. The van der Waals surface area contributed by atoms with Crippen molar-refractivity contribution in [1.82, 2.24) is 3.97 Å². The van der Waals surface area contributed by atoms with Crippen LogP contribution < -0.4 is 4.74 Å². The second-order valence-electron chi connectivity index (χ2n) is 5.05. The van der Waals surface area contributed by atoms with Crippen LogP contribution in [0.3, 0.4) is 0 Å². The van der Waals surface area contributed by atoms with Crippen LogP contribution in [0.5, 0.6) is 5.75 Å². The maximum absolute atomic E-state index is 12.7. The summed E-state index contributed by atoms with van der Waals surface area (Å²) in [5.41, 5.74) is 0.249. The van der Waals surface area contributed by atoms with Crippen LogP contribution in [0.4, 0.5) is 13.2 Å². The zero-order chi connectivity index (χ0) is 17.4. The summed E-state index contributed by atoms with van der Waals surface area (Å²) < 4.78 is 67.8. The van der Waals surface area contributed by atoms with Gasteiger partial charge in [-0.25, -0.2) is 12.4 Å². The fraction of sp³-hybridized carbons (Fsp3) is 0.125. The van der Waals surface area contributed by atoms with Gasteiger partial charge in [-0.1, -0.05) is 18.2 Å². The second kappa shape index (κ2) is 5.86. The van der Waals surface area contributed by atoms with E-state index in [1.165, 1.54) is 36.5 Å². The molecule has 0 aliphatic rings. The van der Waals surface area contributed by atoms with Crippen molar-refractivity contribution in [2.24, 2.45) is 0 Å². The normalized spacial score (nSPS) is 12.5. The molecule has 126 valence electrons. The van der Waals surface area contributed by atoms with Gasteiger partial charge in [-0.3, -0.25) is 0 Å². The lowest BCUT2D eigenvalue weighted by Crippen LogP contribution is -2.19. The third kappa shape index (κ3) is 3.23. The summed E-state index contributed by atoms with van der Waals surface area (Å²) in [6.45, 7) is -1.44. The van der Waals surface area contributed by atoms with Crippen molar-refractivity contribution in [1.29, 1.82) is 0 Å². The summed E-state index contributed by atoms with van der Waals surface area (Å²) in [6.07, 6.45) is -3.10. The molecule has 3 aromatic rings. The highest BCUT2D eigenvalue weighted by atomic mass is 32.2. The molecule has 0 atom stereocenters. The monoisotopic (exact) mass is 355 g/mol. The van der Waals surface area contributed by atoms with Gasteiger partial charge in [-0.05, 0) is 30.3 Å². The highest BCUT2D eigenvalue weighted by molar-refractivity contribution is 7.90.